The smallest absolute Gasteiger partial charge is 0.716 e. The molecule has 1 aromatic rings. The Morgan fingerprint density at radius 1 is 1.27 bits per heavy atom. The fourth-order valence-corrected chi connectivity index (χ4v) is 1.34. The van der Waals surface area contributed by atoms with Crippen LogP contribution in [0.2, 0.25) is 0 Å². The van der Waals surface area contributed by atoms with Gasteiger partial charge >= 0.3 is 29.6 Å². The maximum atomic E-state index is 10.2. The molecule has 0 fully saturated rings. The number of hydrogen-bond donors (Lipinski definition) is 1. The molecule has 5 nitrogen and oxygen atoms in total. The van der Waals surface area contributed by atoms with Crippen molar-refractivity contribution in [2.75, 3.05) is 6.54 Å². The summed E-state index contributed by atoms with van der Waals surface area (Å²) in [6, 6.07) is 6.15. The van der Waals surface area contributed by atoms with Crippen molar-refractivity contribution in [2.45, 2.75) is 6.42 Å². The van der Waals surface area contributed by atoms with Gasteiger partial charge in [0.15, 0.2) is 0 Å². The Labute approximate surface area is 111 Å². The van der Waals surface area contributed by atoms with E-state index >= 15 is 0 Å². The van der Waals surface area contributed by atoms with Crippen molar-refractivity contribution in [3.8, 4) is 5.75 Å². The van der Waals surface area contributed by atoms with E-state index in [4.69, 9.17) is 5.73 Å². The number of benzene rings is 1. The molecular weight excluding hydrogens is 229 g/mol. The minimum absolute atomic E-state index is 0. The van der Waals surface area contributed by atoms with Crippen LogP contribution in [0.1, 0.15) is 5.56 Å². The summed E-state index contributed by atoms with van der Waals surface area (Å²) < 4.78 is 34.8. The summed E-state index contributed by atoms with van der Waals surface area (Å²) in [4.78, 5) is 0. The molecule has 7 heteroatoms. The quantitative estimate of drug-likeness (QED) is 0.344. The van der Waals surface area contributed by atoms with Crippen LogP contribution in [0, 0.1) is 0 Å². The van der Waals surface area contributed by atoms with Crippen LogP contribution in [0.4, 0.5) is 0 Å². The van der Waals surface area contributed by atoms with E-state index in [-0.39, 0.29) is 35.3 Å². The van der Waals surface area contributed by atoms with Gasteiger partial charge in [0.25, 0.3) is 10.4 Å². The van der Waals surface area contributed by atoms with E-state index in [1.807, 2.05) is 0 Å². The SMILES string of the molecule is NCCc1ccc(OS(=O)(=O)[O-])cc1.[Na+]. The molecule has 0 radical (unpaired) electrons. The van der Waals surface area contributed by atoms with Gasteiger partial charge in [-0.25, -0.2) is 8.42 Å². The van der Waals surface area contributed by atoms with E-state index in [0.29, 0.717) is 13.0 Å². The molecule has 0 amide bonds. The van der Waals surface area contributed by atoms with E-state index in [2.05, 4.69) is 4.18 Å². The van der Waals surface area contributed by atoms with Crippen LogP contribution in [0.5, 0.6) is 5.75 Å². The van der Waals surface area contributed by atoms with Gasteiger partial charge in [0, 0.05) is 0 Å². The zero-order valence-corrected chi connectivity index (χ0v) is 11.2. The van der Waals surface area contributed by atoms with Gasteiger partial charge in [-0.15, -0.1) is 0 Å². The largest absolute Gasteiger partial charge is 1.00 e. The molecule has 0 saturated carbocycles. The average Bonchev–Trinajstić information content (AvgIpc) is 2.06. The van der Waals surface area contributed by atoms with E-state index in [9.17, 15) is 13.0 Å². The summed E-state index contributed by atoms with van der Waals surface area (Å²) in [6.07, 6.45) is 0.699. The summed E-state index contributed by atoms with van der Waals surface area (Å²) in [5.41, 5.74) is 6.28. The third-order valence-corrected chi connectivity index (χ3v) is 1.95. The first-order valence-corrected chi connectivity index (χ1v) is 5.29. The Hall–Kier alpha value is -0.110. The first kappa shape index (κ1) is 14.9. The Morgan fingerprint density at radius 3 is 2.20 bits per heavy atom. The molecule has 0 spiro atoms. The fraction of sp³-hybridized carbons (Fsp3) is 0.250. The maximum Gasteiger partial charge on any atom is 1.00 e. The van der Waals surface area contributed by atoms with Gasteiger partial charge in [-0.2, -0.15) is 0 Å². The van der Waals surface area contributed by atoms with Gasteiger partial charge in [0.05, 0.1) is 0 Å². The predicted octanol–water partition coefficient (Wildman–Crippen LogP) is -2.97. The third kappa shape index (κ3) is 6.14. The van der Waals surface area contributed by atoms with Gasteiger partial charge in [-0.1, -0.05) is 12.1 Å². The van der Waals surface area contributed by atoms with Crippen LogP contribution < -0.4 is 39.5 Å². The van der Waals surface area contributed by atoms with Crippen molar-refractivity contribution in [1.29, 1.82) is 0 Å². The van der Waals surface area contributed by atoms with Gasteiger partial charge in [-0.3, -0.25) is 0 Å². The van der Waals surface area contributed by atoms with Crippen molar-refractivity contribution in [1.82, 2.24) is 0 Å². The molecule has 0 unspecified atom stereocenters. The number of nitrogens with two attached hydrogens (primary N) is 1. The van der Waals surface area contributed by atoms with E-state index in [1.165, 1.54) is 12.1 Å². The topological polar surface area (TPSA) is 92.5 Å². The average molecular weight is 239 g/mol. The number of rotatable bonds is 4. The molecule has 0 heterocycles. The first-order valence-electron chi connectivity index (χ1n) is 3.95. The van der Waals surface area contributed by atoms with E-state index in [0.717, 1.165) is 5.56 Å². The molecule has 15 heavy (non-hydrogen) atoms. The zero-order valence-electron chi connectivity index (χ0n) is 8.34. The van der Waals surface area contributed by atoms with Crippen LogP contribution in [0.15, 0.2) is 24.3 Å². The fourth-order valence-electron chi connectivity index (χ4n) is 0.996. The molecule has 1 rings (SSSR count). The molecule has 0 aliphatic rings. The molecule has 0 bridgehead atoms. The molecule has 0 aliphatic carbocycles. The van der Waals surface area contributed by atoms with Crippen LogP contribution >= 0.6 is 0 Å². The minimum Gasteiger partial charge on any atom is -0.716 e. The van der Waals surface area contributed by atoms with Gasteiger partial charge < -0.3 is 14.5 Å². The van der Waals surface area contributed by atoms with E-state index in [1.54, 1.807) is 12.1 Å². The minimum atomic E-state index is -4.68. The Kier molecular flexibility index (Phi) is 6.42. The first-order chi connectivity index (χ1) is 6.51. The van der Waals surface area contributed by atoms with Crippen LogP contribution in [0.3, 0.4) is 0 Å². The molecule has 78 valence electrons. The van der Waals surface area contributed by atoms with Gasteiger partial charge in [0.2, 0.25) is 0 Å². The molecule has 0 aliphatic heterocycles. The molecular formula is C8H10NNaO4S. The number of hydrogen-bond acceptors (Lipinski definition) is 5. The normalized spacial score (nSPS) is 10.5. The van der Waals surface area contributed by atoms with Crippen LogP contribution in [-0.2, 0) is 16.8 Å². The van der Waals surface area contributed by atoms with Crippen LogP contribution in [-0.4, -0.2) is 19.5 Å². The van der Waals surface area contributed by atoms with Gasteiger partial charge in [0.1, 0.15) is 5.75 Å². The second-order valence-electron chi connectivity index (χ2n) is 2.67. The van der Waals surface area contributed by atoms with Crippen molar-refractivity contribution in [2.24, 2.45) is 5.73 Å². The zero-order chi connectivity index (χ0) is 10.6. The second-order valence-corrected chi connectivity index (χ2v) is 3.66. The molecule has 0 aromatic heterocycles. The predicted molar refractivity (Wildman–Crippen MR) is 49.5 cm³/mol. The summed E-state index contributed by atoms with van der Waals surface area (Å²) in [5.74, 6) is 0.0146. The van der Waals surface area contributed by atoms with Crippen molar-refractivity contribution < 1.29 is 46.7 Å². The standard InChI is InChI=1S/C8H11NO4S.Na/c9-6-5-7-1-3-8(4-2-7)13-14(10,11)12;/h1-4H,5-6,9H2,(H,10,11,12);/q;+1/p-1. The monoisotopic (exact) mass is 239 g/mol. The summed E-state index contributed by atoms with van der Waals surface area (Å²) in [7, 11) is -4.68. The molecule has 1 aromatic carbocycles. The Balaban J connectivity index is 0.00000196. The van der Waals surface area contributed by atoms with Crippen molar-refractivity contribution >= 4 is 10.4 Å². The Bertz CT molecular complexity index is 390. The summed E-state index contributed by atoms with van der Waals surface area (Å²) in [6.45, 7) is 0.514. The van der Waals surface area contributed by atoms with Gasteiger partial charge in [-0.05, 0) is 30.7 Å². The third-order valence-electron chi connectivity index (χ3n) is 1.55. The van der Waals surface area contributed by atoms with Crippen molar-refractivity contribution in [3.05, 3.63) is 29.8 Å². The summed E-state index contributed by atoms with van der Waals surface area (Å²) in [5, 5.41) is 0. The van der Waals surface area contributed by atoms with E-state index < -0.39 is 10.4 Å². The second kappa shape index (κ2) is 6.47. The van der Waals surface area contributed by atoms with Crippen molar-refractivity contribution in [3.63, 3.8) is 0 Å². The molecule has 2 N–H and O–H groups in total. The molecule has 0 saturated heterocycles. The Morgan fingerprint density at radius 2 is 1.80 bits per heavy atom. The maximum absolute atomic E-state index is 10.2. The molecule has 0 atom stereocenters. The summed E-state index contributed by atoms with van der Waals surface area (Å²) >= 11 is 0. The van der Waals surface area contributed by atoms with Crippen LogP contribution in [0.25, 0.3) is 0 Å².